The zero-order valence-corrected chi connectivity index (χ0v) is 17.5. The second kappa shape index (κ2) is 10.6. The van der Waals surface area contributed by atoms with E-state index in [1.165, 1.54) is 6.08 Å². The molecule has 31 heavy (non-hydrogen) atoms. The van der Waals surface area contributed by atoms with E-state index in [1.807, 2.05) is 73.7 Å². The normalized spacial score (nSPS) is 10.5. The second-order valence-corrected chi connectivity index (χ2v) is 6.94. The van der Waals surface area contributed by atoms with E-state index in [1.54, 1.807) is 19.3 Å². The average molecular weight is 415 g/mol. The van der Waals surface area contributed by atoms with Crippen LogP contribution in [0, 0.1) is 6.92 Å². The van der Waals surface area contributed by atoms with Gasteiger partial charge in [-0.2, -0.15) is 0 Å². The van der Waals surface area contributed by atoms with Gasteiger partial charge in [0.1, 0.15) is 5.75 Å². The van der Waals surface area contributed by atoms with Crippen LogP contribution in [0.3, 0.4) is 0 Å². The number of nitrogens with one attached hydrogen (secondary N) is 3. The lowest BCUT2D eigenvalue weighted by Crippen LogP contribution is -2.21. The quantitative estimate of drug-likeness (QED) is 0.476. The third-order valence-corrected chi connectivity index (χ3v) is 4.48. The number of carbonyl (C=O) groups is 2. The van der Waals surface area contributed by atoms with Crippen molar-refractivity contribution in [1.29, 1.82) is 0 Å². The second-order valence-electron chi connectivity index (χ2n) is 6.94. The zero-order valence-electron chi connectivity index (χ0n) is 17.5. The Morgan fingerprint density at radius 3 is 2.35 bits per heavy atom. The summed E-state index contributed by atoms with van der Waals surface area (Å²) < 4.78 is 5.27. The molecule has 0 saturated carbocycles. The Balaban J connectivity index is 1.53. The highest BCUT2D eigenvalue weighted by molar-refractivity contribution is 5.99. The Labute approximate surface area is 181 Å². The number of para-hydroxylation sites is 1. The minimum Gasteiger partial charge on any atom is -0.496 e. The molecule has 3 amide bonds. The van der Waals surface area contributed by atoms with E-state index in [4.69, 9.17) is 4.74 Å². The van der Waals surface area contributed by atoms with Crippen molar-refractivity contribution in [2.45, 2.75) is 13.5 Å². The molecule has 0 spiro atoms. The molecule has 0 bridgehead atoms. The number of aryl methyl sites for hydroxylation is 1. The summed E-state index contributed by atoms with van der Waals surface area (Å²) in [7, 11) is 1.59. The van der Waals surface area contributed by atoms with Gasteiger partial charge in [-0.25, -0.2) is 4.79 Å². The minimum absolute atomic E-state index is 0.221. The van der Waals surface area contributed by atoms with Crippen molar-refractivity contribution < 1.29 is 14.3 Å². The fourth-order valence-electron chi connectivity index (χ4n) is 2.99. The summed E-state index contributed by atoms with van der Waals surface area (Å²) in [6.45, 7) is 2.30. The number of urea groups is 1. The lowest BCUT2D eigenvalue weighted by atomic mass is 10.2. The highest BCUT2D eigenvalue weighted by atomic mass is 16.5. The summed E-state index contributed by atoms with van der Waals surface area (Å²) in [5, 5.41) is 8.45. The van der Waals surface area contributed by atoms with E-state index in [0.717, 1.165) is 22.4 Å². The Bertz CT molecular complexity index is 1090. The highest BCUT2D eigenvalue weighted by Crippen LogP contribution is 2.18. The molecule has 3 aromatic rings. The number of methoxy groups -OCH3 is 1. The van der Waals surface area contributed by atoms with Crippen LogP contribution in [0.4, 0.5) is 16.2 Å². The number of hydrogen-bond acceptors (Lipinski definition) is 3. The lowest BCUT2D eigenvalue weighted by molar-refractivity contribution is -0.116. The van der Waals surface area contributed by atoms with Crippen LogP contribution < -0.4 is 20.7 Å². The average Bonchev–Trinajstić information content (AvgIpc) is 2.76. The predicted molar refractivity (Wildman–Crippen MR) is 124 cm³/mol. The number of rotatable bonds is 7. The molecule has 0 heterocycles. The summed E-state index contributed by atoms with van der Waals surface area (Å²) in [6.07, 6.45) is 3.18. The number of amides is 3. The molecule has 0 saturated heterocycles. The first-order valence-electron chi connectivity index (χ1n) is 9.86. The van der Waals surface area contributed by atoms with Crippen LogP contribution in [0.1, 0.15) is 16.7 Å². The van der Waals surface area contributed by atoms with E-state index in [-0.39, 0.29) is 11.9 Å². The first kappa shape index (κ1) is 21.6. The van der Waals surface area contributed by atoms with E-state index in [2.05, 4.69) is 16.0 Å². The molecule has 0 aliphatic rings. The summed E-state index contributed by atoms with van der Waals surface area (Å²) >= 11 is 0. The minimum atomic E-state index is -0.327. The van der Waals surface area contributed by atoms with Gasteiger partial charge in [0.25, 0.3) is 0 Å². The molecule has 0 aliphatic carbocycles. The van der Waals surface area contributed by atoms with Gasteiger partial charge in [-0.1, -0.05) is 42.5 Å². The van der Waals surface area contributed by atoms with Gasteiger partial charge in [0.15, 0.2) is 0 Å². The summed E-state index contributed by atoms with van der Waals surface area (Å²) in [5.74, 6) is 0.482. The molecule has 0 radical (unpaired) electrons. The van der Waals surface area contributed by atoms with Gasteiger partial charge in [-0.15, -0.1) is 0 Å². The monoisotopic (exact) mass is 415 g/mol. The third kappa shape index (κ3) is 6.75. The number of ether oxygens (including phenoxy) is 1. The number of benzene rings is 3. The predicted octanol–water partition coefficient (Wildman–Crippen LogP) is 4.98. The largest absolute Gasteiger partial charge is 0.496 e. The van der Waals surface area contributed by atoms with Gasteiger partial charge in [-0.3, -0.25) is 4.79 Å². The molecule has 0 aromatic heterocycles. The summed E-state index contributed by atoms with van der Waals surface area (Å²) in [6, 6.07) is 22.0. The van der Waals surface area contributed by atoms with Crippen LogP contribution >= 0.6 is 0 Å². The van der Waals surface area contributed by atoms with Crippen molar-refractivity contribution in [1.82, 2.24) is 5.32 Å². The van der Waals surface area contributed by atoms with Gasteiger partial charge < -0.3 is 20.7 Å². The molecule has 6 heteroatoms. The standard InChI is InChI=1S/C25H25N3O3/c1-18-7-5-10-21(15-18)27-25(30)28-22-11-6-8-19(16-22)17-26-24(29)14-13-20-9-3-4-12-23(20)31-2/h3-16H,17H2,1-2H3,(H,26,29)(H2,27,28,30). The van der Waals surface area contributed by atoms with E-state index in [0.29, 0.717) is 18.0 Å². The molecule has 0 unspecified atom stereocenters. The first-order chi connectivity index (χ1) is 15.0. The molecular weight excluding hydrogens is 390 g/mol. The van der Waals surface area contributed by atoms with Gasteiger partial charge in [0.2, 0.25) is 5.91 Å². The van der Waals surface area contributed by atoms with Crippen LogP contribution in [0.2, 0.25) is 0 Å². The van der Waals surface area contributed by atoms with Crippen LogP contribution in [0.15, 0.2) is 78.9 Å². The topological polar surface area (TPSA) is 79.5 Å². The van der Waals surface area contributed by atoms with Gasteiger partial charge in [-0.05, 0) is 54.5 Å². The van der Waals surface area contributed by atoms with E-state index < -0.39 is 0 Å². The van der Waals surface area contributed by atoms with Crippen LogP contribution in [-0.2, 0) is 11.3 Å². The summed E-state index contributed by atoms with van der Waals surface area (Å²) in [5.41, 5.74) is 4.12. The smallest absolute Gasteiger partial charge is 0.323 e. The summed E-state index contributed by atoms with van der Waals surface area (Å²) in [4.78, 5) is 24.4. The maximum Gasteiger partial charge on any atom is 0.323 e. The van der Waals surface area contributed by atoms with E-state index in [9.17, 15) is 9.59 Å². The number of anilines is 2. The van der Waals surface area contributed by atoms with Crippen molar-refractivity contribution in [2.75, 3.05) is 17.7 Å². The fourth-order valence-corrected chi connectivity index (χ4v) is 2.99. The van der Waals surface area contributed by atoms with Crippen molar-refractivity contribution >= 4 is 29.4 Å². The van der Waals surface area contributed by atoms with Gasteiger partial charge in [0, 0.05) is 29.6 Å². The Kier molecular flexibility index (Phi) is 7.43. The molecule has 3 N–H and O–H groups in total. The fraction of sp³-hybridized carbons (Fsp3) is 0.120. The molecule has 6 nitrogen and oxygen atoms in total. The molecule has 3 rings (SSSR count). The van der Waals surface area contributed by atoms with Crippen molar-refractivity contribution in [2.24, 2.45) is 0 Å². The highest BCUT2D eigenvalue weighted by Gasteiger charge is 2.05. The SMILES string of the molecule is COc1ccccc1C=CC(=O)NCc1cccc(NC(=O)Nc2cccc(C)c2)c1. The number of carbonyl (C=O) groups excluding carboxylic acids is 2. The zero-order chi connectivity index (χ0) is 22.1. The van der Waals surface area contributed by atoms with Crippen LogP contribution in [0.5, 0.6) is 5.75 Å². The number of hydrogen-bond donors (Lipinski definition) is 3. The van der Waals surface area contributed by atoms with Crippen LogP contribution in [0.25, 0.3) is 6.08 Å². The third-order valence-electron chi connectivity index (χ3n) is 4.48. The molecule has 0 aliphatic heterocycles. The van der Waals surface area contributed by atoms with Crippen molar-refractivity contribution in [3.8, 4) is 5.75 Å². The Morgan fingerprint density at radius 2 is 1.61 bits per heavy atom. The van der Waals surface area contributed by atoms with Gasteiger partial charge >= 0.3 is 6.03 Å². The van der Waals surface area contributed by atoms with Crippen LogP contribution in [-0.4, -0.2) is 19.0 Å². The first-order valence-corrected chi connectivity index (χ1v) is 9.86. The Morgan fingerprint density at radius 1 is 0.903 bits per heavy atom. The molecule has 3 aromatic carbocycles. The van der Waals surface area contributed by atoms with Gasteiger partial charge in [0.05, 0.1) is 7.11 Å². The molecule has 158 valence electrons. The Hall–Kier alpha value is -4.06. The molecular formula is C25H25N3O3. The van der Waals surface area contributed by atoms with Crippen molar-refractivity contribution in [3.05, 3.63) is 95.6 Å². The molecule has 0 fully saturated rings. The maximum absolute atomic E-state index is 12.2. The van der Waals surface area contributed by atoms with Crippen molar-refractivity contribution in [3.63, 3.8) is 0 Å². The maximum atomic E-state index is 12.2. The molecule has 0 atom stereocenters. The lowest BCUT2D eigenvalue weighted by Gasteiger charge is -2.10. The van der Waals surface area contributed by atoms with E-state index >= 15 is 0 Å².